The highest BCUT2D eigenvalue weighted by Gasteiger charge is 2.10. The van der Waals surface area contributed by atoms with Crippen LogP contribution in [0.25, 0.3) is 0 Å². The number of hydrogen-bond donors (Lipinski definition) is 2. The summed E-state index contributed by atoms with van der Waals surface area (Å²) in [5, 5.41) is 5.33. The van der Waals surface area contributed by atoms with E-state index in [2.05, 4.69) is 22.5 Å². The van der Waals surface area contributed by atoms with Crippen LogP contribution in [0.4, 0.5) is 20.4 Å². The molecule has 0 aliphatic rings. The Morgan fingerprint density at radius 2 is 1.94 bits per heavy atom. The van der Waals surface area contributed by atoms with E-state index in [9.17, 15) is 8.78 Å². The Balaban J connectivity index is 2.42. The average Bonchev–Trinajstić information content (AvgIpc) is 2.36. The van der Waals surface area contributed by atoms with Gasteiger partial charge in [-0.05, 0) is 6.42 Å². The summed E-state index contributed by atoms with van der Waals surface area (Å²) in [7, 11) is 1.53. The van der Waals surface area contributed by atoms with Crippen LogP contribution in [0, 0.1) is 11.6 Å². The van der Waals surface area contributed by atoms with Crippen molar-refractivity contribution in [3.8, 4) is 0 Å². The SMILES string of the molecule is CCCCOCCNc1nc(NC)c(F)cc1F. The summed E-state index contributed by atoms with van der Waals surface area (Å²) in [4.78, 5) is 3.80. The molecule has 0 amide bonds. The lowest BCUT2D eigenvalue weighted by Gasteiger charge is -2.09. The normalized spacial score (nSPS) is 10.4. The number of unbranched alkanes of at least 4 members (excludes halogenated alkanes) is 1. The number of halogens is 2. The van der Waals surface area contributed by atoms with E-state index in [1.807, 2.05) is 0 Å². The van der Waals surface area contributed by atoms with Gasteiger partial charge < -0.3 is 15.4 Å². The third-order valence-electron chi connectivity index (χ3n) is 2.35. The second-order valence-corrected chi connectivity index (χ2v) is 3.79. The zero-order valence-corrected chi connectivity index (χ0v) is 10.7. The van der Waals surface area contributed by atoms with Crippen molar-refractivity contribution >= 4 is 11.6 Å². The molecule has 102 valence electrons. The molecule has 0 aliphatic heterocycles. The zero-order chi connectivity index (χ0) is 13.4. The lowest BCUT2D eigenvalue weighted by Crippen LogP contribution is -2.13. The van der Waals surface area contributed by atoms with E-state index in [0.29, 0.717) is 19.8 Å². The largest absolute Gasteiger partial charge is 0.380 e. The van der Waals surface area contributed by atoms with Gasteiger partial charge in [0.1, 0.15) is 0 Å². The number of hydrogen-bond acceptors (Lipinski definition) is 4. The smallest absolute Gasteiger partial charge is 0.168 e. The molecule has 0 fully saturated rings. The predicted molar refractivity (Wildman–Crippen MR) is 67.9 cm³/mol. The van der Waals surface area contributed by atoms with Gasteiger partial charge in [0, 0.05) is 26.3 Å². The van der Waals surface area contributed by atoms with E-state index >= 15 is 0 Å². The van der Waals surface area contributed by atoms with Crippen LogP contribution in [0.5, 0.6) is 0 Å². The van der Waals surface area contributed by atoms with Gasteiger partial charge in [-0.15, -0.1) is 0 Å². The zero-order valence-electron chi connectivity index (χ0n) is 10.7. The van der Waals surface area contributed by atoms with Crippen LogP contribution in [-0.2, 0) is 4.74 Å². The minimum Gasteiger partial charge on any atom is -0.380 e. The van der Waals surface area contributed by atoms with Crippen LogP contribution in [0.1, 0.15) is 19.8 Å². The van der Waals surface area contributed by atoms with Crippen molar-refractivity contribution in [3.05, 3.63) is 17.7 Å². The second kappa shape index (κ2) is 7.81. The van der Waals surface area contributed by atoms with Gasteiger partial charge in [-0.2, -0.15) is 0 Å². The Hall–Kier alpha value is -1.43. The van der Waals surface area contributed by atoms with Gasteiger partial charge in [0.25, 0.3) is 0 Å². The lowest BCUT2D eigenvalue weighted by atomic mass is 10.4. The fourth-order valence-electron chi connectivity index (χ4n) is 1.36. The highest BCUT2D eigenvalue weighted by Crippen LogP contribution is 2.18. The summed E-state index contributed by atoms with van der Waals surface area (Å²) < 4.78 is 31.8. The van der Waals surface area contributed by atoms with Crippen molar-refractivity contribution < 1.29 is 13.5 Å². The van der Waals surface area contributed by atoms with Crippen molar-refractivity contribution in [1.29, 1.82) is 0 Å². The highest BCUT2D eigenvalue weighted by atomic mass is 19.1. The first-order chi connectivity index (χ1) is 8.69. The first-order valence-corrected chi connectivity index (χ1v) is 6.04. The molecule has 1 rings (SSSR count). The van der Waals surface area contributed by atoms with Crippen LogP contribution in [-0.4, -0.2) is 31.8 Å². The van der Waals surface area contributed by atoms with Crippen LogP contribution < -0.4 is 10.6 Å². The van der Waals surface area contributed by atoms with E-state index in [1.165, 1.54) is 7.05 Å². The maximum atomic E-state index is 13.4. The van der Waals surface area contributed by atoms with Crippen molar-refractivity contribution in [3.63, 3.8) is 0 Å². The number of nitrogens with zero attached hydrogens (tertiary/aromatic N) is 1. The highest BCUT2D eigenvalue weighted by molar-refractivity contribution is 5.47. The fraction of sp³-hybridized carbons (Fsp3) is 0.583. The molecule has 6 heteroatoms. The monoisotopic (exact) mass is 259 g/mol. The van der Waals surface area contributed by atoms with Gasteiger partial charge in [0.05, 0.1) is 6.61 Å². The summed E-state index contributed by atoms with van der Waals surface area (Å²) >= 11 is 0. The average molecular weight is 259 g/mol. The first-order valence-electron chi connectivity index (χ1n) is 6.04. The number of anilines is 2. The molecule has 1 aromatic rings. The third-order valence-corrected chi connectivity index (χ3v) is 2.35. The molecule has 18 heavy (non-hydrogen) atoms. The molecule has 0 spiro atoms. The van der Waals surface area contributed by atoms with E-state index in [1.54, 1.807) is 0 Å². The van der Waals surface area contributed by atoms with Crippen LogP contribution >= 0.6 is 0 Å². The van der Waals surface area contributed by atoms with Gasteiger partial charge in [0.2, 0.25) is 0 Å². The molecule has 0 saturated heterocycles. The second-order valence-electron chi connectivity index (χ2n) is 3.79. The fourth-order valence-corrected chi connectivity index (χ4v) is 1.36. The number of nitrogens with one attached hydrogen (secondary N) is 2. The summed E-state index contributed by atoms with van der Waals surface area (Å²) in [5.74, 6) is -1.37. The minimum atomic E-state index is -0.709. The molecule has 0 aromatic carbocycles. The molecule has 0 aliphatic carbocycles. The van der Waals surface area contributed by atoms with Crippen molar-refractivity contribution in [2.75, 3.05) is 37.4 Å². The number of pyridine rings is 1. The topological polar surface area (TPSA) is 46.2 Å². The standard InChI is InChI=1S/C12H19F2N3O/c1-3-4-6-18-7-5-16-12-10(14)8-9(13)11(15-2)17-12/h8H,3-7H2,1-2H3,(H2,15,16,17). The Morgan fingerprint density at radius 1 is 1.22 bits per heavy atom. The van der Waals surface area contributed by atoms with Crippen molar-refractivity contribution in [2.45, 2.75) is 19.8 Å². The van der Waals surface area contributed by atoms with Gasteiger partial charge in [0.15, 0.2) is 23.3 Å². The third kappa shape index (κ3) is 4.44. The summed E-state index contributed by atoms with van der Waals surface area (Å²) in [6.45, 7) is 3.67. The predicted octanol–water partition coefficient (Wildman–Crippen LogP) is 2.63. The molecule has 4 nitrogen and oxygen atoms in total. The first kappa shape index (κ1) is 14.6. The number of aromatic nitrogens is 1. The lowest BCUT2D eigenvalue weighted by molar-refractivity contribution is 0.141. The van der Waals surface area contributed by atoms with Gasteiger partial charge in [-0.3, -0.25) is 0 Å². The minimum absolute atomic E-state index is 0.0193. The molecule has 0 saturated carbocycles. The molecule has 1 aromatic heterocycles. The molecule has 2 N–H and O–H groups in total. The molecular formula is C12H19F2N3O. The summed E-state index contributed by atoms with van der Waals surface area (Å²) in [6, 6.07) is 0.805. The van der Waals surface area contributed by atoms with E-state index in [4.69, 9.17) is 4.74 Å². The quantitative estimate of drug-likeness (QED) is 0.704. The van der Waals surface area contributed by atoms with E-state index < -0.39 is 11.6 Å². The van der Waals surface area contributed by atoms with Gasteiger partial charge in [-0.25, -0.2) is 13.8 Å². The number of rotatable bonds is 8. The van der Waals surface area contributed by atoms with E-state index in [-0.39, 0.29) is 11.6 Å². The summed E-state index contributed by atoms with van der Waals surface area (Å²) in [5.41, 5.74) is 0. The summed E-state index contributed by atoms with van der Waals surface area (Å²) in [6.07, 6.45) is 2.08. The molecule has 0 atom stereocenters. The van der Waals surface area contributed by atoms with Crippen molar-refractivity contribution in [1.82, 2.24) is 4.98 Å². The number of ether oxygens (including phenoxy) is 1. The molecular weight excluding hydrogens is 240 g/mol. The van der Waals surface area contributed by atoms with Crippen LogP contribution in [0.2, 0.25) is 0 Å². The van der Waals surface area contributed by atoms with Crippen LogP contribution in [0.3, 0.4) is 0 Å². The Bertz CT molecular complexity index is 375. The molecule has 0 unspecified atom stereocenters. The Labute approximate surface area is 106 Å². The van der Waals surface area contributed by atoms with Crippen LogP contribution in [0.15, 0.2) is 6.07 Å². The maximum absolute atomic E-state index is 13.4. The Morgan fingerprint density at radius 3 is 2.61 bits per heavy atom. The molecule has 0 radical (unpaired) electrons. The maximum Gasteiger partial charge on any atom is 0.168 e. The molecule has 1 heterocycles. The van der Waals surface area contributed by atoms with E-state index in [0.717, 1.165) is 18.9 Å². The van der Waals surface area contributed by atoms with Gasteiger partial charge in [-0.1, -0.05) is 13.3 Å². The molecule has 0 bridgehead atoms. The van der Waals surface area contributed by atoms with Crippen molar-refractivity contribution in [2.24, 2.45) is 0 Å². The van der Waals surface area contributed by atoms with Gasteiger partial charge >= 0.3 is 0 Å². The Kier molecular flexibility index (Phi) is 6.35.